The number of fused-ring (bicyclic) bond motifs is 1. The van der Waals surface area contributed by atoms with Crippen LogP contribution >= 0.6 is 11.3 Å². The van der Waals surface area contributed by atoms with E-state index in [9.17, 15) is 9.59 Å². The molecule has 104 valence electrons. The molecular weight excluding hydrogens is 276 g/mol. The van der Waals surface area contributed by atoms with Crippen LogP contribution in [0.2, 0.25) is 0 Å². The van der Waals surface area contributed by atoms with E-state index in [-0.39, 0.29) is 17.7 Å². The second-order valence-corrected chi connectivity index (χ2v) is 5.96. The minimum atomic E-state index is -0.800. The van der Waals surface area contributed by atoms with Crippen molar-refractivity contribution in [2.45, 2.75) is 19.3 Å². The highest BCUT2D eigenvalue weighted by Crippen LogP contribution is 2.32. The number of amides is 1. The molecule has 5 nitrogen and oxygen atoms in total. The molecule has 0 spiro atoms. The summed E-state index contributed by atoms with van der Waals surface area (Å²) in [5, 5.41) is 11.8. The van der Waals surface area contributed by atoms with Gasteiger partial charge in [0.15, 0.2) is 0 Å². The number of carboxylic acids is 1. The third-order valence-corrected chi connectivity index (χ3v) is 4.54. The van der Waals surface area contributed by atoms with Gasteiger partial charge in [-0.1, -0.05) is 0 Å². The van der Waals surface area contributed by atoms with Crippen LogP contribution in [0.25, 0.3) is 10.2 Å². The molecule has 2 unspecified atom stereocenters. The normalized spacial score (nSPS) is 22.0. The van der Waals surface area contributed by atoms with E-state index in [0.29, 0.717) is 19.3 Å². The lowest BCUT2D eigenvalue weighted by atomic mass is 10.0. The van der Waals surface area contributed by atoms with Crippen LogP contribution in [-0.4, -0.2) is 22.0 Å². The highest BCUT2D eigenvalue weighted by molar-refractivity contribution is 7.16. The Morgan fingerprint density at radius 1 is 1.30 bits per heavy atom. The Hall–Kier alpha value is -1.95. The minimum Gasteiger partial charge on any atom is -0.481 e. The van der Waals surface area contributed by atoms with E-state index in [1.54, 1.807) is 5.51 Å². The molecule has 0 saturated heterocycles. The van der Waals surface area contributed by atoms with Gasteiger partial charge < -0.3 is 10.4 Å². The molecule has 1 saturated carbocycles. The van der Waals surface area contributed by atoms with Crippen LogP contribution in [0.5, 0.6) is 0 Å². The molecule has 1 amide bonds. The Balaban J connectivity index is 1.68. The van der Waals surface area contributed by atoms with E-state index in [4.69, 9.17) is 5.11 Å². The van der Waals surface area contributed by atoms with Crippen molar-refractivity contribution >= 4 is 39.1 Å². The largest absolute Gasteiger partial charge is 0.481 e. The average molecular weight is 290 g/mol. The fraction of sp³-hybridized carbons (Fsp3) is 0.357. The third-order valence-electron chi connectivity index (χ3n) is 3.75. The van der Waals surface area contributed by atoms with Crippen molar-refractivity contribution in [3.05, 3.63) is 23.7 Å². The van der Waals surface area contributed by atoms with Crippen LogP contribution < -0.4 is 5.32 Å². The van der Waals surface area contributed by atoms with Crippen molar-refractivity contribution in [2.75, 3.05) is 5.32 Å². The predicted molar refractivity (Wildman–Crippen MR) is 76.7 cm³/mol. The molecule has 0 bridgehead atoms. The maximum atomic E-state index is 12.1. The van der Waals surface area contributed by atoms with Gasteiger partial charge in [0.2, 0.25) is 5.91 Å². The molecule has 3 rings (SSSR count). The van der Waals surface area contributed by atoms with Crippen molar-refractivity contribution in [3.63, 3.8) is 0 Å². The number of hydrogen-bond donors (Lipinski definition) is 2. The number of hydrogen-bond acceptors (Lipinski definition) is 4. The van der Waals surface area contributed by atoms with E-state index in [2.05, 4.69) is 10.3 Å². The quantitative estimate of drug-likeness (QED) is 0.911. The van der Waals surface area contributed by atoms with E-state index in [1.165, 1.54) is 11.3 Å². The van der Waals surface area contributed by atoms with Gasteiger partial charge in [-0.05, 0) is 37.5 Å². The summed E-state index contributed by atoms with van der Waals surface area (Å²) in [6.07, 6.45) is 1.66. The lowest BCUT2D eigenvalue weighted by Crippen LogP contribution is -2.21. The number of carbonyl (C=O) groups is 2. The van der Waals surface area contributed by atoms with Gasteiger partial charge in [0, 0.05) is 11.6 Å². The van der Waals surface area contributed by atoms with Crippen molar-refractivity contribution < 1.29 is 14.7 Å². The molecular formula is C14H14N2O3S. The van der Waals surface area contributed by atoms with E-state index < -0.39 is 5.97 Å². The van der Waals surface area contributed by atoms with Gasteiger partial charge in [0.1, 0.15) is 0 Å². The topological polar surface area (TPSA) is 79.3 Å². The number of benzene rings is 1. The first-order valence-electron chi connectivity index (χ1n) is 6.50. The van der Waals surface area contributed by atoms with Gasteiger partial charge >= 0.3 is 5.97 Å². The number of anilines is 1. The number of carbonyl (C=O) groups excluding carboxylic acids is 1. The maximum Gasteiger partial charge on any atom is 0.306 e. The van der Waals surface area contributed by atoms with Gasteiger partial charge in [0.25, 0.3) is 0 Å². The molecule has 1 aromatic carbocycles. The zero-order valence-electron chi connectivity index (χ0n) is 10.7. The van der Waals surface area contributed by atoms with E-state index >= 15 is 0 Å². The van der Waals surface area contributed by atoms with E-state index in [0.717, 1.165) is 15.9 Å². The number of thiazole rings is 1. The van der Waals surface area contributed by atoms with Gasteiger partial charge in [-0.25, -0.2) is 4.98 Å². The summed E-state index contributed by atoms with van der Waals surface area (Å²) in [6.45, 7) is 0. The standard InChI is InChI=1S/C14H14N2O3S/c17-13(8-1-2-9(5-8)14(18)19)16-10-3-4-11-12(6-10)20-7-15-11/h3-4,6-9H,1-2,5H2,(H,16,17)(H,18,19). The first kappa shape index (κ1) is 13.1. The smallest absolute Gasteiger partial charge is 0.306 e. The monoisotopic (exact) mass is 290 g/mol. The summed E-state index contributed by atoms with van der Waals surface area (Å²) in [5.41, 5.74) is 3.43. The first-order valence-corrected chi connectivity index (χ1v) is 7.38. The molecule has 1 aliphatic carbocycles. The fourth-order valence-electron chi connectivity index (χ4n) is 2.62. The van der Waals surface area contributed by atoms with Crippen molar-refractivity contribution in [2.24, 2.45) is 11.8 Å². The Morgan fingerprint density at radius 2 is 2.10 bits per heavy atom. The third kappa shape index (κ3) is 2.51. The summed E-state index contributed by atoms with van der Waals surface area (Å²) in [5.74, 6) is -1.47. The van der Waals surface area contributed by atoms with Crippen molar-refractivity contribution in [3.8, 4) is 0 Å². The number of aromatic nitrogens is 1. The lowest BCUT2D eigenvalue weighted by Gasteiger charge is -2.10. The van der Waals surface area contributed by atoms with Gasteiger partial charge in [0.05, 0.1) is 21.6 Å². The predicted octanol–water partition coefficient (Wildman–Crippen LogP) is 2.74. The minimum absolute atomic E-state index is 0.0855. The number of nitrogens with one attached hydrogen (secondary N) is 1. The van der Waals surface area contributed by atoms with Crippen LogP contribution in [0.15, 0.2) is 23.7 Å². The fourth-order valence-corrected chi connectivity index (χ4v) is 3.34. The molecule has 2 atom stereocenters. The van der Waals surface area contributed by atoms with Crippen LogP contribution in [-0.2, 0) is 9.59 Å². The Bertz CT molecular complexity index is 667. The molecule has 1 heterocycles. The molecule has 6 heteroatoms. The number of carboxylic acid groups (broad SMARTS) is 1. The molecule has 0 radical (unpaired) electrons. The summed E-state index contributed by atoms with van der Waals surface area (Å²) in [7, 11) is 0. The number of aliphatic carboxylic acids is 1. The van der Waals surface area contributed by atoms with Crippen LogP contribution in [0.1, 0.15) is 19.3 Å². The number of nitrogens with zero attached hydrogens (tertiary/aromatic N) is 1. The molecule has 2 aromatic rings. The Kier molecular flexibility index (Phi) is 3.40. The van der Waals surface area contributed by atoms with E-state index in [1.807, 2.05) is 18.2 Å². The van der Waals surface area contributed by atoms with Crippen LogP contribution in [0.3, 0.4) is 0 Å². The van der Waals surface area contributed by atoms with Gasteiger partial charge in [-0.15, -0.1) is 11.3 Å². The van der Waals surface area contributed by atoms with Crippen molar-refractivity contribution in [1.29, 1.82) is 0 Å². The zero-order valence-corrected chi connectivity index (χ0v) is 11.5. The average Bonchev–Trinajstić information content (AvgIpc) is 3.07. The molecule has 20 heavy (non-hydrogen) atoms. The van der Waals surface area contributed by atoms with Crippen LogP contribution in [0, 0.1) is 11.8 Å². The number of rotatable bonds is 3. The summed E-state index contributed by atoms with van der Waals surface area (Å²) in [6, 6.07) is 5.59. The highest BCUT2D eigenvalue weighted by Gasteiger charge is 2.33. The molecule has 1 fully saturated rings. The first-order chi connectivity index (χ1) is 9.63. The summed E-state index contributed by atoms with van der Waals surface area (Å²) < 4.78 is 1.03. The molecule has 1 aromatic heterocycles. The summed E-state index contributed by atoms with van der Waals surface area (Å²) >= 11 is 1.52. The molecule has 1 aliphatic rings. The van der Waals surface area contributed by atoms with Gasteiger partial charge in [-0.2, -0.15) is 0 Å². The second kappa shape index (κ2) is 5.20. The SMILES string of the molecule is O=C(O)C1CCC(C(=O)Nc2ccc3ncsc3c2)C1. The molecule has 0 aliphatic heterocycles. The highest BCUT2D eigenvalue weighted by atomic mass is 32.1. The zero-order chi connectivity index (χ0) is 14.1. The lowest BCUT2D eigenvalue weighted by molar-refractivity contribution is -0.141. The van der Waals surface area contributed by atoms with Gasteiger partial charge in [-0.3, -0.25) is 9.59 Å². The molecule has 2 N–H and O–H groups in total. The Morgan fingerprint density at radius 3 is 2.85 bits per heavy atom. The second-order valence-electron chi connectivity index (χ2n) is 5.07. The van der Waals surface area contributed by atoms with Crippen LogP contribution in [0.4, 0.5) is 5.69 Å². The maximum absolute atomic E-state index is 12.1. The Labute approximate surface area is 119 Å². The van der Waals surface area contributed by atoms with Crippen molar-refractivity contribution in [1.82, 2.24) is 4.98 Å². The summed E-state index contributed by atoms with van der Waals surface area (Å²) in [4.78, 5) is 27.2.